The molecule has 0 unspecified atom stereocenters. The molecule has 1 N–H and O–H groups in total. The second-order valence-corrected chi connectivity index (χ2v) is 6.47. The van der Waals surface area contributed by atoms with Crippen molar-refractivity contribution in [3.05, 3.63) is 54.1 Å². The second kappa shape index (κ2) is 8.58. The predicted octanol–water partition coefficient (Wildman–Crippen LogP) is 3.05. The zero-order valence-corrected chi connectivity index (χ0v) is 15.3. The lowest BCUT2D eigenvalue weighted by Crippen LogP contribution is -2.39. The predicted molar refractivity (Wildman–Crippen MR) is 102 cm³/mol. The van der Waals surface area contributed by atoms with Crippen molar-refractivity contribution in [2.24, 2.45) is 0 Å². The van der Waals surface area contributed by atoms with Crippen molar-refractivity contribution in [1.29, 1.82) is 0 Å². The minimum absolute atomic E-state index is 0.154. The van der Waals surface area contributed by atoms with Crippen molar-refractivity contribution in [2.45, 2.75) is 6.54 Å². The molecule has 6 nitrogen and oxygen atoms in total. The van der Waals surface area contributed by atoms with Crippen LogP contribution in [-0.2, 0) is 6.54 Å². The molecule has 3 rings (SSSR count). The summed E-state index contributed by atoms with van der Waals surface area (Å²) in [6, 6.07) is 15.4. The number of fused-ring (bicyclic) bond motifs is 1. The Kier molecular flexibility index (Phi) is 5.96. The van der Waals surface area contributed by atoms with E-state index >= 15 is 0 Å². The van der Waals surface area contributed by atoms with Crippen molar-refractivity contribution in [2.75, 3.05) is 45.7 Å². The Labute approximate surface area is 154 Å². The third-order valence-corrected chi connectivity index (χ3v) is 4.13. The van der Waals surface area contributed by atoms with Crippen LogP contribution in [0.4, 0.5) is 10.5 Å². The maximum absolute atomic E-state index is 12.9. The van der Waals surface area contributed by atoms with Gasteiger partial charge in [0.1, 0.15) is 13.2 Å². The molecule has 0 aliphatic carbocycles. The highest BCUT2D eigenvalue weighted by atomic mass is 16.6. The van der Waals surface area contributed by atoms with Gasteiger partial charge >= 0.3 is 6.03 Å². The Morgan fingerprint density at radius 3 is 2.54 bits per heavy atom. The monoisotopic (exact) mass is 355 g/mol. The summed E-state index contributed by atoms with van der Waals surface area (Å²) in [5.41, 5.74) is 1.73. The molecule has 0 aromatic heterocycles. The fraction of sp³-hybridized carbons (Fsp3) is 0.350. The first-order valence-corrected chi connectivity index (χ1v) is 8.76. The number of nitrogens with one attached hydrogen (secondary N) is 1. The number of anilines is 1. The van der Waals surface area contributed by atoms with E-state index < -0.39 is 0 Å². The zero-order chi connectivity index (χ0) is 18.4. The number of rotatable bonds is 6. The van der Waals surface area contributed by atoms with Crippen molar-refractivity contribution in [3.8, 4) is 11.5 Å². The molecule has 0 spiro atoms. The van der Waals surface area contributed by atoms with Crippen LogP contribution in [0.3, 0.4) is 0 Å². The summed E-state index contributed by atoms with van der Waals surface area (Å²) in [6.45, 7) is 2.96. The first-order valence-electron chi connectivity index (χ1n) is 8.76. The first-order chi connectivity index (χ1) is 12.6. The lowest BCUT2D eigenvalue weighted by Gasteiger charge is -2.26. The fourth-order valence-corrected chi connectivity index (χ4v) is 2.74. The van der Waals surface area contributed by atoms with Crippen LogP contribution in [0.15, 0.2) is 48.5 Å². The highest BCUT2D eigenvalue weighted by molar-refractivity contribution is 5.91. The molecule has 2 amide bonds. The van der Waals surface area contributed by atoms with E-state index in [1.807, 2.05) is 62.6 Å². The van der Waals surface area contributed by atoms with Crippen LogP contribution >= 0.6 is 0 Å². The van der Waals surface area contributed by atoms with Crippen LogP contribution in [0.2, 0.25) is 0 Å². The van der Waals surface area contributed by atoms with Gasteiger partial charge in [0.15, 0.2) is 11.5 Å². The molecule has 2 aromatic carbocycles. The number of hydrogen-bond donors (Lipinski definition) is 1. The Balaban J connectivity index is 1.74. The minimum atomic E-state index is -0.154. The van der Waals surface area contributed by atoms with Crippen molar-refractivity contribution < 1.29 is 14.3 Å². The van der Waals surface area contributed by atoms with Crippen LogP contribution < -0.4 is 14.8 Å². The molecule has 0 saturated carbocycles. The number of ether oxygens (including phenoxy) is 2. The molecule has 2 aromatic rings. The van der Waals surface area contributed by atoms with Gasteiger partial charge in [-0.1, -0.05) is 36.4 Å². The van der Waals surface area contributed by atoms with Gasteiger partial charge in [-0.3, -0.25) is 0 Å². The summed E-state index contributed by atoms with van der Waals surface area (Å²) in [5, 5.41) is 2.98. The van der Waals surface area contributed by atoms with Crippen LogP contribution in [0.25, 0.3) is 0 Å². The quantitative estimate of drug-likeness (QED) is 0.865. The largest absolute Gasteiger partial charge is 0.486 e. The maximum Gasteiger partial charge on any atom is 0.322 e. The minimum Gasteiger partial charge on any atom is -0.486 e. The maximum atomic E-state index is 12.9. The molecule has 1 aliphatic heterocycles. The van der Waals surface area contributed by atoms with Gasteiger partial charge in [-0.15, -0.1) is 0 Å². The Morgan fingerprint density at radius 2 is 1.77 bits per heavy atom. The number of nitrogens with zero attached hydrogens (tertiary/aromatic N) is 2. The number of carbonyl (C=O) groups excluding carboxylic acids is 1. The van der Waals surface area contributed by atoms with Gasteiger partial charge in [-0.2, -0.15) is 0 Å². The molecule has 26 heavy (non-hydrogen) atoms. The summed E-state index contributed by atoms with van der Waals surface area (Å²) in [5.74, 6) is 1.26. The topological polar surface area (TPSA) is 54.0 Å². The number of likely N-dealkylation sites (N-methyl/N-ethyl adjacent to an activating group) is 1. The zero-order valence-electron chi connectivity index (χ0n) is 15.3. The number of benzene rings is 2. The first kappa shape index (κ1) is 18.1. The van der Waals surface area contributed by atoms with Gasteiger partial charge in [0.05, 0.1) is 5.69 Å². The lowest BCUT2D eigenvalue weighted by atomic mass is 10.2. The Bertz CT molecular complexity index is 734. The molecule has 0 fully saturated rings. The summed E-state index contributed by atoms with van der Waals surface area (Å²) in [7, 11) is 3.99. The highest BCUT2D eigenvalue weighted by Gasteiger charge is 2.20. The third kappa shape index (κ3) is 4.67. The van der Waals surface area contributed by atoms with Crippen molar-refractivity contribution in [3.63, 3.8) is 0 Å². The molecular formula is C20H25N3O3. The highest BCUT2D eigenvalue weighted by Crippen LogP contribution is 2.37. The SMILES string of the molecule is CN(C)CCN(Cc1ccccc1)C(=O)Nc1cccc2c1OCCO2. The van der Waals surface area contributed by atoms with Gasteiger partial charge in [0.2, 0.25) is 0 Å². The molecule has 1 heterocycles. The summed E-state index contributed by atoms with van der Waals surface area (Å²) >= 11 is 0. The third-order valence-electron chi connectivity index (χ3n) is 4.13. The number of para-hydroxylation sites is 1. The van der Waals surface area contributed by atoms with Crippen LogP contribution in [0, 0.1) is 0 Å². The number of hydrogen-bond acceptors (Lipinski definition) is 4. The van der Waals surface area contributed by atoms with E-state index in [1.165, 1.54) is 0 Å². The van der Waals surface area contributed by atoms with E-state index in [2.05, 4.69) is 10.2 Å². The van der Waals surface area contributed by atoms with Crippen molar-refractivity contribution >= 4 is 11.7 Å². The molecule has 0 bridgehead atoms. The van der Waals surface area contributed by atoms with Crippen LogP contribution in [0.5, 0.6) is 11.5 Å². The van der Waals surface area contributed by atoms with E-state index in [0.29, 0.717) is 43.5 Å². The average molecular weight is 355 g/mol. The van der Waals surface area contributed by atoms with Gasteiger partial charge in [-0.25, -0.2) is 4.79 Å². The van der Waals surface area contributed by atoms with Crippen molar-refractivity contribution in [1.82, 2.24) is 9.80 Å². The molecule has 1 aliphatic rings. The standard InChI is InChI=1S/C20H25N3O3/c1-22(2)11-12-23(15-16-7-4-3-5-8-16)20(24)21-17-9-6-10-18-19(17)26-14-13-25-18/h3-10H,11-15H2,1-2H3,(H,21,24). The van der Waals surface area contributed by atoms with E-state index in [0.717, 1.165) is 12.1 Å². The second-order valence-electron chi connectivity index (χ2n) is 6.47. The molecule has 138 valence electrons. The van der Waals surface area contributed by atoms with E-state index in [4.69, 9.17) is 9.47 Å². The fourth-order valence-electron chi connectivity index (χ4n) is 2.74. The number of amides is 2. The van der Waals surface area contributed by atoms with Gasteiger partial charge in [-0.05, 0) is 31.8 Å². The van der Waals surface area contributed by atoms with E-state index in [9.17, 15) is 4.79 Å². The Hall–Kier alpha value is -2.73. The summed E-state index contributed by atoms with van der Waals surface area (Å²) in [6.07, 6.45) is 0. The van der Waals surface area contributed by atoms with Crippen LogP contribution in [-0.4, -0.2) is 56.2 Å². The summed E-state index contributed by atoms with van der Waals surface area (Å²) < 4.78 is 11.3. The molecule has 6 heteroatoms. The van der Waals surface area contributed by atoms with Gasteiger partial charge in [0.25, 0.3) is 0 Å². The number of urea groups is 1. The Morgan fingerprint density at radius 1 is 1.00 bits per heavy atom. The lowest BCUT2D eigenvalue weighted by molar-refractivity contribution is 0.172. The molecular weight excluding hydrogens is 330 g/mol. The molecule has 0 saturated heterocycles. The summed E-state index contributed by atoms with van der Waals surface area (Å²) in [4.78, 5) is 16.8. The average Bonchev–Trinajstić information content (AvgIpc) is 2.66. The number of carbonyl (C=O) groups is 1. The van der Waals surface area contributed by atoms with E-state index in [1.54, 1.807) is 4.90 Å². The molecule has 0 atom stereocenters. The normalized spacial score (nSPS) is 12.7. The van der Waals surface area contributed by atoms with E-state index in [-0.39, 0.29) is 6.03 Å². The van der Waals surface area contributed by atoms with Crippen LogP contribution in [0.1, 0.15) is 5.56 Å². The van der Waals surface area contributed by atoms with Gasteiger partial charge in [0, 0.05) is 19.6 Å². The molecule has 0 radical (unpaired) electrons. The van der Waals surface area contributed by atoms with Gasteiger partial charge < -0.3 is 24.6 Å². The smallest absolute Gasteiger partial charge is 0.322 e.